The Bertz CT molecular complexity index is 1140. The first-order valence-corrected chi connectivity index (χ1v) is 9.96. The van der Waals surface area contributed by atoms with Gasteiger partial charge in [-0.25, -0.2) is 4.79 Å². The van der Waals surface area contributed by atoms with E-state index in [0.29, 0.717) is 16.7 Å². The number of aliphatic carboxylic acids is 1. The minimum atomic E-state index is -1.12. The zero-order chi connectivity index (χ0) is 22.0. The molecule has 0 saturated heterocycles. The molecule has 0 spiro atoms. The SMILES string of the molecule is COc1ccc2oc(C(=O)N[C@@H](Cc3ccc(C4CC=C(C)O4)cc3)C(=O)O)cc2c1. The summed E-state index contributed by atoms with van der Waals surface area (Å²) in [6, 6.07) is 13.2. The number of carbonyl (C=O) groups is 2. The number of allylic oxidation sites excluding steroid dienone is 1. The van der Waals surface area contributed by atoms with E-state index in [-0.39, 0.29) is 18.3 Å². The van der Waals surface area contributed by atoms with Gasteiger partial charge in [-0.2, -0.15) is 0 Å². The Kier molecular flexibility index (Phi) is 5.66. The van der Waals surface area contributed by atoms with Crippen LogP contribution in [0.1, 0.15) is 41.1 Å². The average Bonchev–Trinajstić information content (AvgIpc) is 3.39. The molecular weight excluding hydrogens is 398 g/mol. The van der Waals surface area contributed by atoms with E-state index >= 15 is 0 Å². The van der Waals surface area contributed by atoms with Crippen LogP contribution in [0, 0.1) is 0 Å². The molecule has 7 heteroatoms. The van der Waals surface area contributed by atoms with Crippen molar-refractivity contribution in [3.8, 4) is 5.75 Å². The highest BCUT2D eigenvalue weighted by molar-refractivity contribution is 5.98. The van der Waals surface area contributed by atoms with Gasteiger partial charge in [-0.05, 0) is 48.4 Å². The van der Waals surface area contributed by atoms with E-state index in [2.05, 4.69) is 5.32 Å². The number of benzene rings is 2. The van der Waals surface area contributed by atoms with Gasteiger partial charge in [0.2, 0.25) is 0 Å². The number of carboxylic acid groups (broad SMARTS) is 1. The third-order valence-electron chi connectivity index (χ3n) is 5.29. The fraction of sp³-hybridized carbons (Fsp3) is 0.250. The second kappa shape index (κ2) is 8.55. The highest BCUT2D eigenvalue weighted by atomic mass is 16.5. The minimum Gasteiger partial charge on any atom is -0.497 e. The molecule has 2 N–H and O–H groups in total. The molecule has 2 aromatic carbocycles. The lowest BCUT2D eigenvalue weighted by molar-refractivity contribution is -0.139. The van der Waals surface area contributed by atoms with Gasteiger partial charge in [0.1, 0.15) is 23.5 Å². The normalized spacial score (nSPS) is 16.5. The second-order valence-corrected chi connectivity index (χ2v) is 7.48. The number of methoxy groups -OCH3 is 1. The third kappa shape index (κ3) is 4.55. The van der Waals surface area contributed by atoms with Crippen molar-refractivity contribution in [3.63, 3.8) is 0 Å². The lowest BCUT2D eigenvalue weighted by Gasteiger charge is -2.15. The Balaban J connectivity index is 1.44. The van der Waals surface area contributed by atoms with Crippen molar-refractivity contribution in [1.29, 1.82) is 0 Å². The highest BCUT2D eigenvalue weighted by Crippen LogP contribution is 2.30. The summed E-state index contributed by atoms with van der Waals surface area (Å²) in [4.78, 5) is 24.4. The molecule has 0 bridgehead atoms. The Morgan fingerprint density at radius 1 is 1.19 bits per heavy atom. The van der Waals surface area contributed by atoms with Crippen molar-refractivity contribution in [3.05, 3.63) is 77.3 Å². The molecule has 2 atom stereocenters. The van der Waals surface area contributed by atoms with Crippen LogP contribution in [0.25, 0.3) is 11.0 Å². The van der Waals surface area contributed by atoms with E-state index in [0.717, 1.165) is 23.3 Å². The molecular formula is C24H23NO6. The number of carbonyl (C=O) groups excluding carboxylic acids is 1. The minimum absolute atomic E-state index is 0.00395. The molecule has 0 radical (unpaired) electrons. The van der Waals surface area contributed by atoms with E-state index in [1.165, 1.54) is 0 Å². The number of carboxylic acids is 1. The van der Waals surface area contributed by atoms with Crippen LogP contribution >= 0.6 is 0 Å². The van der Waals surface area contributed by atoms with Gasteiger partial charge >= 0.3 is 5.97 Å². The largest absolute Gasteiger partial charge is 0.497 e. The number of hydrogen-bond acceptors (Lipinski definition) is 5. The van der Waals surface area contributed by atoms with Crippen LogP contribution in [0.2, 0.25) is 0 Å². The number of rotatable bonds is 7. The maximum Gasteiger partial charge on any atom is 0.326 e. The van der Waals surface area contributed by atoms with Crippen LogP contribution in [-0.2, 0) is 16.0 Å². The molecule has 160 valence electrons. The zero-order valence-electron chi connectivity index (χ0n) is 17.3. The zero-order valence-corrected chi connectivity index (χ0v) is 17.3. The van der Waals surface area contributed by atoms with Gasteiger partial charge in [-0.1, -0.05) is 24.3 Å². The number of fused-ring (bicyclic) bond motifs is 1. The summed E-state index contributed by atoms with van der Waals surface area (Å²) in [7, 11) is 1.55. The summed E-state index contributed by atoms with van der Waals surface area (Å²) in [5.74, 6) is -0.104. The number of amides is 1. The highest BCUT2D eigenvalue weighted by Gasteiger charge is 2.24. The molecule has 4 rings (SSSR count). The summed E-state index contributed by atoms with van der Waals surface area (Å²) >= 11 is 0. The van der Waals surface area contributed by atoms with Crippen LogP contribution in [0.3, 0.4) is 0 Å². The van der Waals surface area contributed by atoms with Gasteiger partial charge in [0, 0.05) is 18.2 Å². The Hall–Kier alpha value is -3.74. The molecule has 1 aliphatic heterocycles. The van der Waals surface area contributed by atoms with Crippen LogP contribution in [0.4, 0.5) is 0 Å². The van der Waals surface area contributed by atoms with Gasteiger partial charge in [-0.3, -0.25) is 4.79 Å². The van der Waals surface area contributed by atoms with Gasteiger partial charge < -0.3 is 24.3 Å². The number of furan rings is 1. The lowest BCUT2D eigenvalue weighted by atomic mass is 10.0. The first-order valence-electron chi connectivity index (χ1n) is 9.96. The monoisotopic (exact) mass is 421 g/mol. The fourth-order valence-corrected chi connectivity index (χ4v) is 3.59. The van der Waals surface area contributed by atoms with Gasteiger partial charge in [0.05, 0.1) is 12.9 Å². The molecule has 0 aliphatic carbocycles. The van der Waals surface area contributed by atoms with Crippen LogP contribution < -0.4 is 10.1 Å². The van der Waals surface area contributed by atoms with Crippen molar-refractivity contribution < 1.29 is 28.6 Å². The quantitative estimate of drug-likeness (QED) is 0.592. The summed E-state index contributed by atoms with van der Waals surface area (Å²) in [5, 5.41) is 12.9. The summed E-state index contributed by atoms with van der Waals surface area (Å²) in [6.45, 7) is 1.92. The standard InChI is InChI=1S/C24H23NO6/c1-14-3-9-20(30-14)16-6-4-15(5-7-16)11-19(24(27)28)25-23(26)22-13-17-12-18(29-2)8-10-21(17)31-22/h3-8,10,12-13,19-20H,9,11H2,1-2H3,(H,25,26)(H,27,28)/t19-,20?/m0/s1. The molecule has 0 saturated carbocycles. The molecule has 3 aromatic rings. The lowest BCUT2D eigenvalue weighted by Crippen LogP contribution is -2.42. The summed E-state index contributed by atoms with van der Waals surface area (Å²) in [6.07, 6.45) is 3.01. The van der Waals surface area contributed by atoms with E-state index in [4.69, 9.17) is 13.9 Å². The molecule has 1 unspecified atom stereocenters. The van der Waals surface area contributed by atoms with E-state index in [1.807, 2.05) is 37.3 Å². The van der Waals surface area contributed by atoms with Crippen molar-refractivity contribution >= 4 is 22.8 Å². The Morgan fingerprint density at radius 3 is 2.61 bits per heavy atom. The van der Waals surface area contributed by atoms with Crippen LogP contribution in [-0.4, -0.2) is 30.1 Å². The molecule has 0 fully saturated rings. The van der Waals surface area contributed by atoms with Gasteiger partial charge in [0.15, 0.2) is 5.76 Å². The number of hydrogen-bond donors (Lipinski definition) is 2. The molecule has 2 heterocycles. The maximum atomic E-state index is 12.6. The van der Waals surface area contributed by atoms with Crippen LogP contribution in [0.15, 0.2) is 64.8 Å². The third-order valence-corrected chi connectivity index (χ3v) is 5.29. The topological polar surface area (TPSA) is 98.0 Å². The average molecular weight is 421 g/mol. The second-order valence-electron chi connectivity index (χ2n) is 7.48. The molecule has 1 aliphatic rings. The maximum absolute atomic E-state index is 12.6. The molecule has 31 heavy (non-hydrogen) atoms. The van der Waals surface area contributed by atoms with Crippen LogP contribution in [0.5, 0.6) is 5.75 Å². The van der Waals surface area contributed by atoms with E-state index in [1.54, 1.807) is 31.4 Å². The van der Waals surface area contributed by atoms with Gasteiger partial charge in [0.25, 0.3) is 5.91 Å². The predicted molar refractivity (Wildman–Crippen MR) is 114 cm³/mol. The van der Waals surface area contributed by atoms with Crippen molar-refractivity contribution in [1.82, 2.24) is 5.32 Å². The van der Waals surface area contributed by atoms with Crippen molar-refractivity contribution in [2.45, 2.75) is 31.9 Å². The number of nitrogens with one attached hydrogen (secondary N) is 1. The first kappa shape index (κ1) is 20.5. The van der Waals surface area contributed by atoms with Crippen molar-refractivity contribution in [2.24, 2.45) is 0 Å². The van der Waals surface area contributed by atoms with E-state index < -0.39 is 17.9 Å². The molecule has 1 amide bonds. The molecule has 7 nitrogen and oxygen atoms in total. The number of ether oxygens (including phenoxy) is 2. The Morgan fingerprint density at radius 2 is 1.97 bits per heavy atom. The Labute approximate surface area is 179 Å². The van der Waals surface area contributed by atoms with Gasteiger partial charge in [-0.15, -0.1) is 0 Å². The predicted octanol–water partition coefficient (Wildman–Crippen LogP) is 4.23. The fourth-order valence-electron chi connectivity index (χ4n) is 3.59. The smallest absolute Gasteiger partial charge is 0.326 e. The van der Waals surface area contributed by atoms with E-state index in [9.17, 15) is 14.7 Å². The van der Waals surface area contributed by atoms with Crippen molar-refractivity contribution in [2.75, 3.05) is 7.11 Å². The summed E-state index contributed by atoms with van der Waals surface area (Å²) < 4.78 is 16.5. The molecule has 1 aromatic heterocycles. The summed E-state index contributed by atoms with van der Waals surface area (Å²) in [5.41, 5.74) is 2.35. The first-order chi connectivity index (χ1) is 14.9.